The van der Waals surface area contributed by atoms with Crippen LogP contribution in [0.15, 0.2) is 59.6 Å². The number of fused-ring (bicyclic) bond motifs is 1. The lowest BCUT2D eigenvalue weighted by Gasteiger charge is -2.30. The van der Waals surface area contributed by atoms with Gasteiger partial charge in [0.2, 0.25) is 0 Å². The molecule has 0 saturated heterocycles. The molecule has 0 aliphatic heterocycles. The monoisotopic (exact) mass is 392 g/mol. The fraction of sp³-hybridized carbons (Fsp3) is 0.391. The second-order valence-electron chi connectivity index (χ2n) is 6.98. The van der Waals surface area contributed by atoms with Crippen molar-refractivity contribution in [2.24, 2.45) is 4.99 Å². The van der Waals surface area contributed by atoms with Crippen molar-refractivity contribution in [3.05, 3.63) is 66.0 Å². The van der Waals surface area contributed by atoms with Gasteiger partial charge >= 0.3 is 0 Å². The predicted octanol–water partition coefficient (Wildman–Crippen LogP) is 3.35. The molecule has 3 N–H and O–H groups in total. The fourth-order valence-corrected chi connectivity index (χ4v) is 3.63. The van der Waals surface area contributed by atoms with Gasteiger partial charge in [0, 0.05) is 26.6 Å². The van der Waals surface area contributed by atoms with Crippen molar-refractivity contribution in [1.29, 1.82) is 0 Å². The molecular weight excluding hydrogens is 360 g/mol. The van der Waals surface area contributed by atoms with E-state index >= 15 is 0 Å². The summed E-state index contributed by atoms with van der Waals surface area (Å²) in [6, 6.07) is 19.1. The molecule has 6 nitrogen and oxygen atoms in total. The average molecular weight is 393 g/mol. The van der Waals surface area contributed by atoms with Gasteiger partial charge in [0.15, 0.2) is 5.96 Å². The maximum absolute atomic E-state index is 4.63. The van der Waals surface area contributed by atoms with Crippen molar-refractivity contribution in [1.82, 2.24) is 25.5 Å². The molecule has 3 rings (SSSR count). The maximum Gasteiger partial charge on any atom is 0.191 e. The van der Waals surface area contributed by atoms with Gasteiger partial charge in [-0.1, -0.05) is 56.3 Å². The number of likely N-dealkylation sites (N-methyl/N-ethyl adjacent to an activating group) is 1. The number of nitrogens with zero attached hydrogens (tertiary/aromatic N) is 3. The SMILES string of the molecule is CCN(CC)C(CNC(=NC)NCCc1nc2ccccc2[nH]1)c1ccccc1. The van der Waals surface area contributed by atoms with Gasteiger partial charge in [-0.05, 0) is 30.8 Å². The lowest BCUT2D eigenvalue weighted by atomic mass is 10.1. The zero-order chi connectivity index (χ0) is 20.5. The van der Waals surface area contributed by atoms with Crippen LogP contribution in [0.25, 0.3) is 11.0 Å². The number of para-hydroxylation sites is 2. The third-order valence-electron chi connectivity index (χ3n) is 5.22. The molecule has 1 unspecified atom stereocenters. The van der Waals surface area contributed by atoms with E-state index in [1.165, 1.54) is 5.56 Å². The molecule has 0 radical (unpaired) electrons. The molecule has 6 heteroatoms. The molecule has 2 aromatic carbocycles. The molecule has 0 spiro atoms. The molecule has 1 atom stereocenters. The zero-order valence-electron chi connectivity index (χ0n) is 17.7. The summed E-state index contributed by atoms with van der Waals surface area (Å²) >= 11 is 0. The van der Waals surface area contributed by atoms with Crippen molar-refractivity contribution in [2.45, 2.75) is 26.3 Å². The van der Waals surface area contributed by atoms with Gasteiger partial charge in [-0.15, -0.1) is 0 Å². The highest BCUT2D eigenvalue weighted by molar-refractivity contribution is 5.79. The minimum Gasteiger partial charge on any atom is -0.356 e. The topological polar surface area (TPSA) is 68.3 Å². The Morgan fingerprint density at radius 3 is 2.45 bits per heavy atom. The smallest absolute Gasteiger partial charge is 0.191 e. The molecule has 3 aromatic rings. The Hall–Kier alpha value is -2.86. The molecule has 0 aliphatic rings. The minimum atomic E-state index is 0.306. The predicted molar refractivity (Wildman–Crippen MR) is 121 cm³/mol. The number of aromatic nitrogens is 2. The summed E-state index contributed by atoms with van der Waals surface area (Å²) in [6.45, 7) is 8.00. The van der Waals surface area contributed by atoms with Crippen LogP contribution in [0.3, 0.4) is 0 Å². The van der Waals surface area contributed by atoms with Crippen molar-refractivity contribution in [2.75, 3.05) is 33.2 Å². The Labute approximate surface area is 173 Å². The van der Waals surface area contributed by atoms with Crippen molar-refractivity contribution < 1.29 is 0 Å². The number of nitrogens with one attached hydrogen (secondary N) is 3. The Morgan fingerprint density at radius 2 is 1.76 bits per heavy atom. The van der Waals surface area contributed by atoms with Crippen LogP contribution < -0.4 is 10.6 Å². The lowest BCUT2D eigenvalue weighted by Crippen LogP contribution is -2.43. The molecule has 154 valence electrons. The Bertz CT molecular complexity index is 865. The van der Waals surface area contributed by atoms with Gasteiger partial charge < -0.3 is 15.6 Å². The van der Waals surface area contributed by atoms with Gasteiger partial charge in [-0.2, -0.15) is 0 Å². The third kappa shape index (κ3) is 5.57. The van der Waals surface area contributed by atoms with Crippen molar-refractivity contribution in [3.63, 3.8) is 0 Å². The summed E-state index contributed by atoms with van der Waals surface area (Å²) in [6.07, 6.45) is 0.813. The number of hydrogen-bond donors (Lipinski definition) is 3. The lowest BCUT2D eigenvalue weighted by molar-refractivity contribution is 0.219. The average Bonchev–Trinajstić information content (AvgIpc) is 3.18. The van der Waals surface area contributed by atoms with E-state index in [-0.39, 0.29) is 0 Å². The molecule has 0 saturated carbocycles. The molecule has 0 bridgehead atoms. The first-order chi connectivity index (χ1) is 14.2. The van der Waals surface area contributed by atoms with Gasteiger partial charge in [-0.3, -0.25) is 9.89 Å². The van der Waals surface area contributed by atoms with E-state index in [0.29, 0.717) is 6.04 Å². The number of hydrogen-bond acceptors (Lipinski definition) is 3. The van der Waals surface area contributed by atoms with Crippen LogP contribution in [0.5, 0.6) is 0 Å². The van der Waals surface area contributed by atoms with Crippen molar-refractivity contribution >= 4 is 17.0 Å². The molecular formula is C23H32N6. The summed E-state index contributed by atoms with van der Waals surface area (Å²) < 4.78 is 0. The van der Waals surface area contributed by atoms with E-state index < -0.39 is 0 Å². The second kappa shape index (κ2) is 10.6. The largest absolute Gasteiger partial charge is 0.356 e. The zero-order valence-corrected chi connectivity index (χ0v) is 17.7. The van der Waals surface area contributed by atoms with Gasteiger partial charge in [0.1, 0.15) is 5.82 Å². The van der Waals surface area contributed by atoms with Crippen LogP contribution in [-0.4, -0.2) is 54.1 Å². The first kappa shape index (κ1) is 20.9. The third-order valence-corrected chi connectivity index (χ3v) is 5.22. The minimum absolute atomic E-state index is 0.306. The highest BCUT2D eigenvalue weighted by Crippen LogP contribution is 2.19. The highest BCUT2D eigenvalue weighted by atomic mass is 15.2. The Morgan fingerprint density at radius 1 is 1.03 bits per heavy atom. The van der Waals surface area contributed by atoms with E-state index in [4.69, 9.17) is 0 Å². The molecule has 1 heterocycles. The summed E-state index contributed by atoms with van der Waals surface area (Å²) in [4.78, 5) is 14.8. The number of rotatable bonds is 9. The van der Waals surface area contributed by atoms with Crippen LogP contribution in [0.1, 0.15) is 31.3 Å². The number of H-pyrrole nitrogens is 1. The van der Waals surface area contributed by atoms with E-state index in [1.807, 2.05) is 25.2 Å². The van der Waals surface area contributed by atoms with Gasteiger partial charge in [0.05, 0.1) is 17.1 Å². The fourth-order valence-electron chi connectivity index (χ4n) is 3.63. The number of aromatic amines is 1. The van der Waals surface area contributed by atoms with Crippen LogP contribution >= 0.6 is 0 Å². The van der Waals surface area contributed by atoms with Crippen molar-refractivity contribution in [3.8, 4) is 0 Å². The first-order valence-electron chi connectivity index (χ1n) is 10.4. The van der Waals surface area contributed by atoms with E-state index in [2.05, 4.69) is 80.7 Å². The summed E-state index contributed by atoms with van der Waals surface area (Å²) in [5, 5.41) is 6.90. The quantitative estimate of drug-likeness (QED) is 0.386. The molecule has 1 aromatic heterocycles. The summed E-state index contributed by atoms with van der Waals surface area (Å²) in [5.41, 5.74) is 3.41. The number of aliphatic imine (C=N–C) groups is 1. The number of guanidine groups is 1. The summed E-state index contributed by atoms with van der Waals surface area (Å²) in [5.74, 6) is 1.80. The van der Waals surface area contributed by atoms with E-state index in [0.717, 1.165) is 55.4 Å². The molecule has 0 aliphatic carbocycles. The van der Waals surface area contributed by atoms with E-state index in [9.17, 15) is 0 Å². The van der Waals surface area contributed by atoms with Gasteiger partial charge in [-0.25, -0.2) is 4.98 Å². The Kier molecular flexibility index (Phi) is 7.64. The highest BCUT2D eigenvalue weighted by Gasteiger charge is 2.18. The standard InChI is InChI=1S/C23H32N6/c1-4-29(5-2)21(18-11-7-6-8-12-18)17-26-23(24-3)25-16-15-22-27-19-13-9-10-14-20(19)28-22/h6-14,21H,4-5,15-17H2,1-3H3,(H,27,28)(H2,24,25,26). The first-order valence-corrected chi connectivity index (χ1v) is 10.4. The summed E-state index contributed by atoms with van der Waals surface area (Å²) in [7, 11) is 1.81. The normalized spacial score (nSPS) is 13.0. The van der Waals surface area contributed by atoms with Crippen LogP contribution in [0.2, 0.25) is 0 Å². The molecule has 0 fully saturated rings. The van der Waals surface area contributed by atoms with Crippen LogP contribution in [0.4, 0.5) is 0 Å². The number of benzene rings is 2. The maximum atomic E-state index is 4.63. The molecule has 0 amide bonds. The van der Waals surface area contributed by atoms with Crippen LogP contribution in [0, 0.1) is 0 Å². The second-order valence-corrected chi connectivity index (χ2v) is 6.98. The van der Waals surface area contributed by atoms with Crippen LogP contribution in [-0.2, 0) is 6.42 Å². The van der Waals surface area contributed by atoms with Gasteiger partial charge in [0.25, 0.3) is 0 Å². The Balaban J connectivity index is 1.55. The van der Waals surface area contributed by atoms with E-state index in [1.54, 1.807) is 0 Å². The molecule has 29 heavy (non-hydrogen) atoms. The number of imidazole rings is 1.